The molecule has 2 atom stereocenters. The highest BCUT2D eigenvalue weighted by Crippen LogP contribution is 2.25. The molecule has 2 aromatic rings. The summed E-state index contributed by atoms with van der Waals surface area (Å²) in [6, 6.07) is 5.77. The predicted octanol–water partition coefficient (Wildman–Crippen LogP) is 3.02. The fraction of sp³-hybridized carbons (Fsp3) is 0.500. The summed E-state index contributed by atoms with van der Waals surface area (Å²) in [5.41, 5.74) is 3.67. The Kier molecular flexibility index (Phi) is 4.06. The van der Waals surface area contributed by atoms with Crippen molar-refractivity contribution in [3.05, 3.63) is 45.3 Å². The van der Waals surface area contributed by atoms with Crippen LogP contribution in [0, 0.1) is 13.8 Å². The standard InChI is InChI=1S/C18H23NO3/c1-11-5-6-16-15(7-17(20)22-18(16)14(11)4)10-19-8-12(2)21-13(3)9-19/h5-7,12-13H,8-10H2,1-4H3/t12-,13+. The minimum Gasteiger partial charge on any atom is -0.422 e. The molecule has 4 heteroatoms. The average molecular weight is 301 g/mol. The van der Waals surface area contributed by atoms with E-state index in [9.17, 15) is 4.79 Å². The summed E-state index contributed by atoms with van der Waals surface area (Å²) in [6.45, 7) is 10.7. The molecule has 3 rings (SSSR count). The monoisotopic (exact) mass is 301 g/mol. The van der Waals surface area contributed by atoms with Crippen LogP contribution in [0.4, 0.5) is 0 Å². The van der Waals surface area contributed by atoms with Crippen LogP contribution in [0.25, 0.3) is 11.0 Å². The lowest BCUT2D eigenvalue weighted by Gasteiger charge is -2.35. The molecule has 4 nitrogen and oxygen atoms in total. The van der Waals surface area contributed by atoms with Crippen LogP contribution in [0.5, 0.6) is 0 Å². The van der Waals surface area contributed by atoms with Gasteiger partial charge in [-0.2, -0.15) is 0 Å². The van der Waals surface area contributed by atoms with E-state index in [4.69, 9.17) is 9.15 Å². The van der Waals surface area contributed by atoms with Crippen molar-refractivity contribution in [2.75, 3.05) is 13.1 Å². The van der Waals surface area contributed by atoms with Crippen molar-refractivity contribution in [1.29, 1.82) is 0 Å². The number of aryl methyl sites for hydroxylation is 2. The summed E-state index contributed by atoms with van der Waals surface area (Å²) in [7, 11) is 0. The third kappa shape index (κ3) is 2.94. The van der Waals surface area contributed by atoms with Crippen molar-refractivity contribution in [2.45, 2.75) is 46.4 Å². The van der Waals surface area contributed by atoms with Crippen LogP contribution in [0.15, 0.2) is 27.4 Å². The maximum Gasteiger partial charge on any atom is 0.336 e. The summed E-state index contributed by atoms with van der Waals surface area (Å²) < 4.78 is 11.2. The highest BCUT2D eigenvalue weighted by atomic mass is 16.5. The van der Waals surface area contributed by atoms with E-state index in [1.807, 2.05) is 13.8 Å². The average Bonchev–Trinajstić information content (AvgIpc) is 2.42. The predicted molar refractivity (Wildman–Crippen MR) is 87.2 cm³/mol. The second kappa shape index (κ2) is 5.86. The Morgan fingerprint density at radius 2 is 1.86 bits per heavy atom. The van der Waals surface area contributed by atoms with E-state index in [0.29, 0.717) is 0 Å². The molecule has 0 aliphatic carbocycles. The Balaban J connectivity index is 2.00. The molecular weight excluding hydrogens is 278 g/mol. The molecule has 2 heterocycles. The number of nitrogens with zero attached hydrogens (tertiary/aromatic N) is 1. The van der Waals surface area contributed by atoms with Crippen LogP contribution >= 0.6 is 0 Å². The fourth-order valence-corrected chi connectivity index (χ4v) is 3.31. The van der Waals surface area contributed by atoms with E-state index in [-0.39, 0.29) is 17.8 Å². The quantitative estimate of drug-likeness (QED) is 0.800. The van der Waals surface area contributed by atoms with E-state index >= 15 is 0 Å². The Labute approximate surface area is 130 Å². The highest BCUT2D eigenvalue weighted by Gasteiger charge is 2.23. The van der Waals surface area contributed by atoms with Gasteiger partial charge in [-0.25, -0.2) is 4.79 Å². The zero-order valence-corrected chi connectivity index (χ0v) is 13.7. The van der Waals surface area contributed by atoms with Gasteiger partial charge >= 0.3 is 5.63 Å². The van der Waals surface area contributed by atoms with Crippen molar-refractivity contribution in [3.8, 4) is 0 Å². The summed E-state index contributed by atoms with van der Waals surface area (Å²) in [6.07, 6.45) is 0.443. The van der Waals surface area contributed by atoms with Gasteiger partial charge in [-0.1, -0.05) is 12.1 Å². The first-order valence-electron chi connectivity index (χ1n) is 7.85. The van der Waals surface area contributed by atoms with Crippen LogP contribution in [0.3, 0.4) is 0 Å². The summed E-state index contributed by atoms with van der Waals surface area (Å²) in [5.74, 6) is 0. The topological polar surface area (TPSA) is 42.7 Å². The molecule has 1 fully saturated rings. The molecule has 0 N–H and O–H groups in total. The minimum atomic E-state index is -0.273. The molecule has 0 saturated carbocycles. The summed E-state index contributed by atoms with van der Waals surface area (Å²) >= 11 is 0. The van der Waals surface area contributed by atoms with Crippen LogP contribution in [0.1, 0.15) is 30.5 Å². The Hall–Kier alpha value is -1.65. The Morgan fingerprint density at radius 1 is 1.18 bits per heavy atom. The van der Waals surface area contributed by atoms with Crippen LogP contribution in [-0.2, 0) is 11.3 Å². The third-order valence-electron chi connectivity index (χ3n) is 4.41. The maximum atomic E-state index is 11.9. The first kappa shape index (κ1) is 15.3. The largest absolute Gasteiger partial charge is 0.422 e. The van der Waals surface area contributed by atoms with Gasteiger partial charge in [-0.3, -0.25) is 4.90 Å². The van der Waals surface area contributed by atoms with Crippen LogP contribution in [0.2, 0.25) is 0 Å². The molecule has 22 heavy (non-hydrogen) atoms. The van der Waals surface area contributed by atoms with Gasteiger partial charge in [0, 0.05) is 31.1 Å². The molecule has 1 aliphatic rings. The molecule has 0 spiro atoms. The lowest BCUT2D eigenvalue weighted by Crippen LogP contribution is -2.44. The SMILES string of the molecule is Cc1ccc2c(CN3C[C@@H](C)O[C@@H](C)C3)cc(=O)oc2c1C. The summed E-state index contributed by atoms with van der Waals surface area (Å²) in [5, 5.41) is 1.04. The lowest BCUT2D eigenvalue weighted by molar-refractivity contribution is -0.0704. The highest BCUT2D eigenvalue weighted by molar-refractivity contribution is 5.83. The van der Waals surface area contributed by atoms with Gasteiger partial charge in [0.2, 0.25) is 0 Å². The number of benzene rings is 1. The van der Waals surface area contributed by atoms with Gasteiger partial charge in [0.15, 0.2) is 0 Å². The molecule has 1 aromatic carbocycles. The molecule has 0 radical (unpaired) electrons. The molecule has 1 aliphatic heterocycles. The first-order valence-corrected chi connectivity index (χ1v) is 7.85. The van der Waals surface area contributed by atoms with E-state index in [2.05, 4.69) is 30.9 Å². The van der Waals surface area contributed by atoms with E-state index in [1.54, 1.807) is 6.07 Å². The van der Waals surface area contributed by atoms with Crippen LogP contribution in [-0.4, -0.2) is 30.2 Å². The number of ether oxygens (including phenoxy) is 1. The number of hydrogen-bond acceptors (Lipinski definition) is 4. The van der Waals surface area contributed by atoms with Crippen molar-refractivity contribution in [3.63, 3.8) is 0 Å². The maximum absolute atomic E-state index is 11.9. The van der Waals surface area contributed by atoms with Gasteiger partial charge in [0.25, 0.3) is 0 Å². The molecule has 1 aromatic heterocycles. The number of morpholine rings is 1. The summed E-state index contributed by atoms with van der Waals surface area (Å²) in [4.78, 5) is 14.3. The Morgan fingerprint density at radius 3 is 2.55 bits per heavy atom. The lowest BCUT2D eigenvalue weighted by atomic mass is 10.0. The number of rotatable bonds is 2. The van der Waals surface area contributed by atoms with Crippen molar-refractivity contribution in [2.24, 2.45) is 0 Å². The van der Waals surface area contributed by atoms with Gasteiger partial charge in [-0.05, 0) is 44.4 Å². The molecule has 1 saturated heterocycles. The van der Waals surface area contributed by atoms with Gasteiger partial charge < -0.3 is 9.15 Å². The number of fused-ring (bicyclic) bond motifs is 1. The van der Waals surface area contributed by atoms with E-state index in [1.165, 1.54) is 0 Å². The van der Waals surface area contributed by atoms with Gasteiger partial charge in [0.05, 0.1) is 12.2 Å². The van der Waals surface area contributed by atoms with E-state index < -0.39 is 0 Å². The molecule has 118 valence electrons. The van der Waals surface area contributed by atoms with Crippen molar-refractivity contribution >= 4 is 11.0 Å². The van der Waals surface area contributed by atoms with Gasteiger partial charge in [0.1, 0.15) is 5.58 Å². The molecule has 0 amide bonds. The zero-order valence-electron chi connectivity index (χ0n) is 13.7. The second-order valence-electron chi connectivity index (χ2n) is 6.43. The fourth-order valence-electron chi connectivity index (χ4n) is 3.31. The second-order valence-corrected chi connectivity index (χ2v) is 6.43. The van der Waals surface area contributed by atoms with Gasteiger partial charge in [-0.15, -0.1) is 0 Å². The van der Waals surface area contributed by atoms with Crippen molar-refractivity contribution < 1.29 is 9.15 Å². The smallest absolute Gasteiger partial charge is 0.336 e. The molecule has 0 unspecified atom stereocenters. The zero-order chi connectivity index (χ0) is 15.9. The molecule has 0 bridgehead atoms. The van der Waals surface area contributed by atoms with Crippen molar-refractivity contribution in [1.82, 2.24) is 4.90 Å². The third-order valence-corrected chi connectivity index (χ3v) is 4.41. The normalized spacial score (nSPS) is 23.1. The molecular formula is C18H23NO3. The Bertz CT molecular complexity index is 740. The van der Waals surface area contributed by atoms with E-state index in [0.717, 1.165) is 47.3 Å². The first-order chi connectivity index (χ1) is 10.4. The van der Waals surface area contributed by atoms with Crippen LogP contribution < -0.4 is 5.63 Å². The minimum absolute atomic E-state index is 0.221. The number of hydrogen-bond donors (Lipinski definition) is 0.